The molecule has 0 amide bonds. The van der Waals surface area contributed by atoms with E-state index in [1.54, 1.807) is 13.8 Å². The third-order valence-corrected chi connectivity index (χ3v) is 1.92. The van der Waals surface area contributed by atoms with Crippen molar-refractivity contribution in [1.82, 2.24) is 0 Å². The summed E-state index contributed by atoms with van der Waals surface area (Å²) in [5.74, 6) is -0.433. The second-order valence-corrected chi connectivity index (χ2v) is 3.02. The summed E-state index contributed by atoms with van der Waals surface area (Å²) in [7, 11) is 1.31. The lowest BCUT2D eigenvalue weighted by atomic mass is 9.96. The van der Waals surface area contributed by atoms with E-state index >= 15 is 0 Å². The number of carbonyl (C=O) groups is 2. The van der Waals surface area contributed by atoms with Gasteiger partial charge in [-0.1, -0.05) is 20.4 Å². The summed E-state index contributed by atoms with van der Waals surface area (Å²) in [5, 5.41) is 0. The number of esters is 1. The zero-order chi connectivity index (χ0) is 10.4. The van der Waals surface area contributed by atoms with Gasteiger partial charge in [-0.2, -0.15) is 0 Å². The third-order valence-electron chi connectivity index (χ3n) is 1.92. The fourth-order valence-corrected chi connectivity index (χ4v) is 1.06. The van der Waals surface area contributed by atoms with E-state index in [1.165, 1.54) is 7.11 Å². The Hall–Kier alpha value is -1.12. The Morgan fingerprint density at radius 1 is 1.46 bits per heavy atom. The van der Waals surface area contributed by atoms with Crippen LogP contribution in [0.3, 0.4) is 0 Å². The normalized spacial score (nSPS) is 11.9. The van der Waals surface area contributed by atoms with Gasteiger partial charge in [0.15, 0.2) is 0 Å². The first-order valence-electron chi connectivity index (χ1n) is 4.31. The molecule has 3 nitrogen and oxygen atoms in total. The molecule has 0 aliphatic rings. The molecule has 0 bridgehead atoms. The Bertz CT molecular complexity index is 218. The monoisotopic (exact) mass is 184 g/mol. The highest BCUT2D eigenvalue weighted by Gasteiger charge is 2.15. The summed E-state index contributed by atoms with van der Waals surface area (Å²) in [6.07, 6.45) is 0.884. The van der Waals surface area contributed by atoms with Crippen molar-refractivity contribution < 1.29 is 14.3 Å². The lowest BCUT2D eigenvalue weighted by molar-refractivity contribution is -0.136. The van der Waals surface area contributed by atoms with Gasteiger partial charge in [-0.25, -0.2) is 4.79 Å². The quantitative estimate of drug-likeness (QED) is 0.482. The predicted molar refractivity (Wildman–Crippen MR) is 50.2 cm³/mol. The van der Waals surface area contributed by atoms with Crippen LogP contribution < -0.4 is 0 Å². The van der Waals surface area contributed by atoms with Crippen molar-refractivity contribution in [2.45, 2.75) is 26.7 Å². The van der Waals surface area contributed by atoms with Crippen LogP contribution in [0.1, 0.15) is 26.7 Å². The van der Waals surface area contributed by atoms with Crippen LogP contribution in [-0.2, 0) is 14.3 Å². The van der Waals surface area contributed by atoms with Crippen molar-refractivity contribution in [2.24, 2.45) is 5.92 Å². The smallest absolute Gasteiger partial charge is 0.333 e. The van der Waals surface area contributed by atoms with Gasteiger partial charge in [-0.3, -0.25) is 4.79 Å². The van der Waals surface area contributed by atoms with Crippen LogP contribution in [0.15, 0.2) is 12.2 Å². The van der Waals surface area contributed by atoms with E-state index in [0.29, 0.717) is 18.4 Å². The topological polar surface area (TPSA) is 43.4 Å². The van der Waals surface area contributed by atoms with Crippen LogP contribution in [0.5, 0.6) is 0 Å². The maximum absolute atomic E-state index is 11.2. The Balaban J connectivity index is 4.06. The van der Waals surface area contributed by atoms with Crippen LogP contribution in [0, 0.1) is 5.92 Å². The van der Waals surface area contributed by atoms with Crippen LogP contribution in [0.25, 0.3) is 0 Å². The molecule has 1 atom stereocenters. The molecule has 0 rings (SSSR count). The molecule has 0 unspecified atom stereocenters. The summed E-state index contributed by atoms with van der Waals surface area (Å²) in [6.45, 7) is 7.15. The molecule has 0 fully saturated rings. The summed E-state index contributed by atoms with van der Waals surface area (Å²) >= 11 is 0. The van der Waals surface area contributed by atoms with Gasteiger partial charge < -0.3 is 4.74 Å². The molecule has 0 aromatic heterocycles. The molecule has 0 saturated heterocycles. The molecule has 74 valence electrons. The predicted octanol–water partition coefficient (Wildman–Crippen LogP) is 1.72. The van der Waals surface area contributed by atoms with Crippen molar-refractivity contribution >= 4 is 11.8 Å². The number of carbonyl (C=O) groups excluding carboxylic acids is 2. The minimum absolute atomic E-state index is 0.142. The number of Topliss-reactive ketones (excluding diaryl/α,β-unsaturated/α-hetero) is 1. The maximum Gasteiger partial charge on any atom is 0.333 e. The molecular formula is C10H16O3. The van der Waals surface area contributed by atoms with Gasteiger partial charge in [0.1, 0.15) is 5.78 Å². The highest BCUT2D eigenvalue weighted by Crippen LogP contribution is 2.13. The second kappa shape index (κ2) is 5.51. The molecule has 0 aromatic rings. The average molecular weight is 184 g/mol. The third kappa shape index (κ3) is 3.87. The lowest BCUT2D eigenvalue weighted by Crippen LogP contribution is -2.14. The van der Waals surface area contributed by atoms with Crippen LogP contribution >= 0.6 is 0 Å². The fourth-order valence-electron chi connectivity index (χ4n) is 1.06. The van der Waals surface area contributed by atoms with Gasteiger partial charge in [0.2, 0.25) is 0 Å². The molecular weight excluding hydrogens is 168 g/mol. The zero-order valence-corrected chi connectivity index (χ0v) is 8.42. The second-order valence-electron chi connectivity index (χ2n) is 3.02. The molecule has 13 heavy (non-hydrogen) atoms. The Morgan fingerprint density at radius 2 is 2.00 bits per heavy atom. The van der Waals surface area contributed by atoms with E-state index in [1.807, 2.05) is 0 Å². The standard InChI is InChI=1S/C10H16O3/c1-5-9(11)7(2)6-8(3)10(12)13-4/h7H,3,5-6H2,1-2,4H3/t7-/m0/s1. The molecule has 0 aliphatic carbocycles. The van der Waals surface area contributed by atoms with E-state index in [4.69, 9.17) is 0 Å². The first-order valence-corrected chi connectivity index (χ1v) is 4.31. The van der Waals surface area contributed by atoms with Crippen molar-refractivity contribution in [1.29, 1.82) is 0 Å². The van der Waals surface area contributed by atoms with Gasteiger partial charge >= 0.3 is 5.97 Å². The average Bonchev–Trinajstić information content (AvgIpc) is 2.14. The van der Waals surface area contributed by atoms with Crippen LogP contribution in [0.4, 0.5) is 0 Å². The summed E-state index contributed by atoms with van der Waals surface area (Å²) in [4.78, 5) is 22.1. The molecule has 0 radical (unpaired) electrons. The minimum Gasteiger partial charge on any atom is -0.466 e. The maximum atomic E-state index is 11.2. The van der Waals surface area contributed by atoms with Crippen LogP contribution in [0.2, 0.25) is 0 Å². The van der Waals surface area contributed by atoms with E-state index in [2.05, 4.69) is 11.3 Å². The SMILES string of the molecule is C=C(C[C@H](C)C(=O)CC)C(=O)OC. The fraction of sp³-hybridized carbons (Fsp3) is 0.600. The number of hydrogen-bond acceptors (Lipinski definition) is 3. The highest BCUT2D eigenvalue weighted by atomic mass is 16.5. The van der Waals surface area contributed by atoms with Crippen LogP contribution in [-0.4, -0.2) is 18.9 Å². The molecule has 0 spiro atoms. The number of ketones is 1. The lowest BCUT2D eigenvalue weighted by Gasteiger charge is -2.09. The van der Waals surface area contributed by atoms with E-state index in [-0.39, 0.29) is 11.7 Å². The van der Waals surface area contributed by atoms with Crippen molar-refractivity contribution in [3.63, 3.8) is 0 Å². The number of methoxy groups -OCH3 is 1. The largest absolute Gasteiger partial charge is 0.466 e. The van der Waals surface area contributed by atoms with Gasteiger partial charge in [-0.05, 0) is 6.42 Å². The summed E-state index contributed by atoms with van der Waals surface area (Å²) in [5.41, 5.74) is 0.358. The molecule has 0 saturated carbocycles. The number of ether oxygens (including phenoxy) is 1. The van der Waals surface area contributed by atoms with E-state index in [9.17, 15) is 9.59 Å². The van der Waals surface area contributed by atoms with Gasteiger partial charge in [-0.15, -0.1) is 0 Å². The summed E-state index contributed by atoms with van der Waals surface area (Å²) in [6, 6.07) is 0. The Morgan fingerprint density at radius 3 is 2.38 bits per heavy atom. The first-order chi connectivity index (χ1) is 6.02. The first kappa shape index (κ1) is 11.9. The van der Waals surface area contributed by atoms with Crippen molar-refractivity contribution in [2.75, 3.05) is 7.11 Å². The Labute approximate surface area is 78.8 Å². The van der Waals surface area contributed by atoms with Crippen molar-refractivity contribution in [3.05, 3.63) is 12.2 Å². The number of rotatable bonds is 5. The molecule has 0 heterocycles. The molecule has 0 aromatic carbocycles. The van der Waals surface area contributed by atoms with E-state index < -0.39 is 5.97 Å². The van der Waals surface area contributed by atoms with E-state index in [0.717, 1.165) is 0 Å². The van der Waals surface area contributed by atoms with Gasteiger partial charge in [0.25, 0.3) is 0 Å². The van der Waals surface area contributed by atoms with Gasteiger partial charge in [0, 0.05) is 17.9 Å². The van der Waals surface area contributed by atoms with Crippen molar-refractivity contribution in [3.8, 4) is 0 Å². The molecule has 0 N–H and O–H groups in total. The molecule has 3 heteroatoms. The summed E-state index contributed by atoms with van der Waals surface area (Å²) < 4.78 is 4.48. The number of hydrogen-bond donors (Lipinski definition) is 0. The zero-order valence-electron chi connectivity index (χ0n) is 8.42. The van der Waals surface area contributed by atoms with Gasteiger partial charge in [0.05, 0.1) is 7.11 Å². The molecule has 0 aliphatic heterocycles. The Kier molecular flexibility index (Phi) is 5.04. The highest BCUT2D eigenvalue weighted by molar-refractivity contribution is 5.89. The minimum atomic E-state index is -0.434.